The summed E-state index contributed by atoms with van der Waals surface area (Å²) in [6, 6.07) is 0. The van der Waals surface area contributed by atoms with Gasteiger partial charge in [0.2, 0.25) is 0 Å². The zero-order valence-electron chi connectivity index (χ0n) is 6.47. The van der Waals surface area contributed by atoms with Crippen LogP contribution >= 0.6 is 0 Å². The van der Waals surface area contributed by atoms with Crippen molar-refractivity contribution >= 4 is 0 Å². The molecule has 0 aromatic carbocycles. The smallest absolute Gasteiger partial charge is 0.125 e. The molecule has 1 rings (SSSR count). The molecule has 0 saturated carbocycles. The Morgan fingerprint density at radius 2 is 2.18 bits per heavy atom. The first-order chi connectivity index (χ1) is 5.11. The Bertz CT molecular complexity index is 233. The van der Waals surface area contributed by atoms with Crippen molar-refractivity contribution in [1.29, 1.82) is 0 Å². The highest BCUT2D eigenvalue weighted by molar-refractivity contribution is 4.97. The van der Waals surface area contributed by atoms with Crippen molar-refractivity contribution in [2.75, 3.05) is 0 Å². The Labute approximate surface area is 64.3 Å². The molecule has 0 saturated heterocycles. The fraction of sp³-hybridized carbons (Fsp3) is 0.667. The summed E-state index contributed by atoms with van der Waals surface area (Å²) in [4.78, 5) is 1.33. The van der Waals surface area contributed by atoms with Crippen LogP contribution in [-0.4, -0.2) is 31.3 Å². The van der Waals surface area contributed by atoms with E-state index in [2.05, 4.69) is 10.2 Å². The van der Waals surface area contributed by atoms with Crippen molar-refractivity contribution in [1.82, 2.24) is 15.0 Å². The van der Waals surface area contributed by atoms with Crippen molar-refractivity contribution in [2.45, 2.75) is 19.1 Å². The zero-order valence-corrected chi connectivity index (χ0v) is 6.47. The molecule has 11 heavy (non-hydrogen) atoms. The Balaban J connectivity index is 2.76. The molecule has 1 aromatic heterocycles. The molecule has 5 heteroatoms. The number of aliphatic hydroxyl groups excluding tert-OH is 2. The molecule has 2 unspecified atom stereocenters. The van der Waals surface area contributed by atoms with Crippen LogP contribution in [0.3, 0.4) is 0 Å². The molecular formula is C6H11N3O2. The van der Waals surface area contributed by atoms with Crippen molar-refractivity contribution in [3.8, 4) is 0 Å². The molecule has 5 nitrogen and oxygen atoms in total. The van der Waals surface area contributed by atoms with Crippen LogP contribution in [-0.2, 0) is 7.05 Å². The maximum atomic E-state index is 9.25. The summed E-state index contributed by atoms with van der Waals surface area (Å²) in [6.07, 6.45) is -0.326. The normalized spacial score (nSPS) is 16.4. The van der Waals surface area contributed by atoms with Crippen molar-refractivity contribution < 1.29 is 10.2 Å². The largest absolute Gasteiger partial charge is 0.390 e. The fourth-order valence-electron chi connectivity index (χ4n) is 0.744. The molecule has 0 fully saturated rings. The Kier molecular flexibility index (Phi) is 2.21. The minimum Gasteiger partial charge on any atom is -0.390 e. The van der Waals surface area contributed by atoms with Crippen LogP contribution in [0.15, 0.2) is 6.20 Å². The van der Waals surface area contributed by atoms with Gasteiger partial charge in [0.15, 0.2) is 0 Å². The number of aliphatic hydroxyl groups is 2. The van der Waals surface area contributed by atoms with Gasteiger partial charge >= 0.3 is 0 Å². The Hall–Kier alpha value is -0.940. The third-order valence-corrected chi connectivity index (χ3v) is 1.38. The highest BCUT2D eigenvalue weighted by Gasteiger charge is 2.16. The topological polar surface area (TPSA) is 71.2 Å². The van der Waals surface area contributed by atoms with Gasteiger partial charge in [-0.2, -0.15) is 15.0 Å². The van der Waals surface area contributed by atoms with Crippen LogP contribution < -0.4 is 0 Å². The molecule has 0 bridgehead atoms. The maximum Gasteiger partial charge on any atom is 0.125 e. The van der Waals surface area contributed by atoms with Crippen LogP contribution in [0, 0.1) is 0 Å². The summed E-state index contributed by atoms with van der Waals surface area (Å²) >= 11 is 0. The first kappa shape index (κ1) is 8.16. The van der Waals surface area contributed by atoms with Crippen molar-refractivity contribution in [3.63, 3.8) is 0 Å². The highest BCUT2D eigenvalue weighted by atomic mass is 16.3. The second kappa shape index (κ2) is 2.98. The fourth-order valence-corrected chi connectivity index (χ4v) is 0.744. The van der Waals surface area contributed by atoms with Crippen molar-refractivity contribution in [2.24, 2.45) is 7.05 Å². The lowest BCUT2D eigenvalue weighted by Crippen LogP contribution is -2.14. The Morgan fingerprint density at radius 3 is 2.55 bits per heavy atom. The molecular weight excluding hydrogens is 146 g/mol. The van der Waals surface area contributed by atoms with Crippen LogP contribution in [0.5, 0.6) is 0 Å². The van der Waals surface area contributed by atoms with Crippen LogP contribution in [0.25, 0.3) is 0 Å². The molecule has 2 N–H and O–H groups in total. The molecule has 1 aromatic rings. The number of rotatable bonds is 2. The van der Waals surface area contributed by atoms with Gasteiger partial charge in [-0.25, -0.2) is 0 Å². The standard InChI is InChI=1S/C6H11N3O2/c1-4(10)6(11)5-3-7-9(2)8-5/h3-4,6,10-11H,1-2H3. The Morgan fingerprint density at radius 1 is 1.55 bits per heavy atom. The van der Waals surface area contributed by atoms with Gasteiger partial charge in [0.05, 0.1) is 12.3 Å². The van der Waals surface area contributed by atoms with Gasteiger partial charge in [0, 0.05) is 7.05 Å². The van der Waals surface area contributed by atoms with Crippen LogP contribution in [0.4, 0.5) is 0 Å². The van der Waals surface area contributed by atoms with Gasteiger partial charge in [-0.3, -0.25) is 0 Å². The predicted molar refractivity (Wildman–Crippen MR) is 37.6 cm³/mol. The molecule has 0 aliphatic carbocycles. The van der Waals surface area contributed by atoms with E-state index in [1.165, 1.54) is 17.9 Å². The van der Waals surface area contributed by atoms with E-state index in [-0.39, 0.29) is 0 Å². The monoisotopic (exact) mass is 157 g/mol. The number of hydrogen-bond acceptors (Lipinski definition) is 4. The number of hydrogen-bond donors (Lipinski definition) is 2. The van der Waals surface area contributed by atoms with E-state index in [0.717, 1.165) is 0 Å². The van der Waals surface area contributed by atoms with Gasteiger partial charge in [-0.05, 0) is 6.92 Å². The molecule has 1 heterocycles. The summed E-state index contributed by atoms with van der Waals surface area (Å²) < 4.78 is 0. The average molecular weight is 157 g/mol. The summed E-state index contributed by atoms with van der Waals surface area (Å²) in [5.41, 5.74) is 0.391. The molecule has 62 valence electrons. The van der Waals surface area contributed by atoms with Crippen LogP contribution in [0.1, 0.15) is 18.7 Å². The van der Waals surface area contributed by atoms with Crippen LogP contribution in [0.2, 0.25) is 0 Å². The molecule has 0 aliphatic rings. The zero-order chi connectivity index (χ0) is 8.43. The maximum absolute atomic E-state index is 9.25. The quantitative estimate of drug-likeness (QED) is 0.591. The summed E-state index contributed by atoms with van der Waals surface area (Å²) in [5, 5.41) is 25.8. The molecule has 0 aliphatic heterocycles. The summed E-state index contributed by atoms with van der Waals surface area (Å²) in [6.45, 7) is 1.50. The second-order valence-electron chi connectivity index (χ2n) is 2.44. The van der Waals surface area contributed by atoms with Gasteiger partial charge < -0.3 is 10.2 Å². The first-order valence-corrected chi connectivity index (χ1v) is 3.33. The van der Waals surface area contributed by atoms with E-state index >= 15 is 0 Å². The van der Waals surface area contributed by atoms with E-state index in [1.807, 2.05) is 0 Å². The van der Waals surface area contributed by atoms with E-state index in [4.69, 9.17) is 5.11 Å². The second-order valence-corrected chi connectivity index (χ2v) is 2.44. The van der Waals surface area contributed by atoms with Gasteiger partial charge in [-0.1, -0.05) is 0 Å². The number of nitrogens with zero attached hydrogens (tertiary/aromatic N) is 3. The summed E-state index contributed by atoms with van der Waals surface area (Å²) in [7, 11) is 1.65. The van der Waals surface area contributed by atoms with E-state index in [0.29, 0.717) is 5.69 Å². The van der Waals surface area contributed by atoms with E-state index < -0.39 is 12.2 Å². The summed E-state index contributed by atoms with van der Waals surface area (Å²) in [5.74, 6) is 0. The lowest BCUT2D eigenvalue weighted by molar-refractivity contribution is 0.0275. The third-order valence-electron chi connectivity index (χ3n) is 1.38. The molecule has 0 amide bonds. The highest BCUT2D eigenvalue weighted by Crippen LogP contribution is 2.11. The number of aromatic nitrogens is 3. The van der Waals surface area contributed by atoms with Gasteiger partial charge in [0.1, 0.15) is 11.8 Å². The predicted octanol–water partition coefficient (Wildman–Crippen LogP) is -0.771. The third kappa shape index (κ3) is 1.75. The number of aryl methyl sites for hydroxylation is 1. The lowest BCUT2D eigenvalue weighted by atomic mass is 10.2. The molecule has 0 radical (unpaired) electrons. The van der Waals surface area contributed by atoms with E-state index in [9.17, 15) is 5.11 Å². The molecule has 0 spiro atoms. The minimum atomic E-state index is -0.941. The lowest BCUT2D eigenvalue weighted by Gasteiger charge is -2.08. The SMILES string of the molecule is CC(O)C(O)c1cnn(C)n1. The van der Waals surface area contributed by atoms with Crippen molar-refractivity contribution in [3.05, 3.63) is 11.9 Å². The molecule has 2 atom stereocenters. The minimum absolute atomic E-state index is 0.391. The van der Waals surface area contributed by atoms with Gasteiger partial charge in [-0.15, -0.1) is 0 Å². The van der Waals surface area contributed by atoms with Gasteiger partial charge in [0.25, 0.3) is 0 Å². The average Bonchev–Trinajstić information content (AvgIpc) is 2.34. The van der Waals surface area contributed by atoms with E-state index in [1.54, 1.807) is 7.05 Å². The first-order valence-electron chi connectivity index (χ1n) is 3.33.